The molecule has 1 aromatic carbocycles. The summed E-state index contributed by atoms with van der Waals surface area (Å²) in [7, 11) is 1.73. The van der Waals surface area contributed by atoms with Crippen molar-refractivity contribution in [3.63, 3.8) is 0 Å². The number of halogens is 1. The molecular weight excluding hydrogens is 288 g/mol. The van der Waals surface area contributed by atoms with Crippen molar-refractivity contribution in [2.75, 3.05) is 20.2 Å². The fourth-order valence-corrected chi connectivity index (χ4v) is 2.46. The van der Waals surface area contributed by atoms with Gasteiger partial charge in [0.2, 0.25) is 0 Å². The second-order valence-electron chi connectivity index (χ2n) is 5.13. The maximum atomic E-state index is 12.4. The number of para-hydroxylation sites is 1. The highest BCUT2D eigenvalue weighted by Crippen LogP contribution is 2.23. The predicted octanol–water partition coefficient (Wildman–Crippen LogP) is 3.04. The number of fused-ring (bicyclic) bond motifs is 1. The number of pyridine rings is 1. The SMILES string of the molecule is Cc1cccc2cc(C(=O)N(C)CCCCO)c(Cl)nc12. The molecule has 1 aromatic heterocycles. The molecule has 5 heteroatoms. The van der Waals surface area contributed by atoms with E-state index in [1.165, 1.54) is 0 Å². The number of unbranched alkanes of at least 4 members (excludes halogenated alkanes) is 1. The van der Waals surface area contributed by atoms with Gasteiger partial charge in [0.1, 0.15) is 5.15 Å². The molecule has 0 radical (unpaired) electrons. The van der Waals surface area contributed by atoms with Crippen LogP contribution in [0.4, 0.5) is 0 Å². The van der Waals surface area contributed by atoms with Gasteiger partial charge in [-0.15, -0.1) is 0 Å². The topological polar surface area (TPSA) is 53.4 Å². The molecule has 0 saturated heterocycles. The summed E-state index contributed by atoms with van der Waals surface area (Å²) < 4.78 is 0. The van der Waals surface area contributed by atoms with Gasteiger partial charge in [0.05, 0.1) is 11.1 Å². The van der Waals surface area contributed by atoms with E-state index in [0.29, 0.717) is 18.5 Å². The van der Waals surface area contributed by atoms with E-state index >= 15 is 0 Å². The number of aromatic nitrogens is 1. The summed E-state index contributed by atoms with van der Waals surface area (Å²) in [6, 6.07) is 7.62. The average molecular weight is 307 g/mol. The fourth-order valence-electron chi connectivity index (χ4n) is 2.24. The maximum Gasteiger partial charge on any atom is 0.256 e. The number of carbonyl (C=O) groups excluding carboxylic acids is 1. The van der Waals surface area contributed by atoms with Gasteiger partial charge < -0.3 is 10.0 Å². The normalized spacial score (nSPS) is 10.9. The summed E-state index contributed by atoms with van der Waals surface area (Å²) in [6.07, 6.45) is 1.44. The molecule has 0 saturated carbocycles. The zero-order valence-electron chi connectivity index (χ0n) is 12.3. The molecule has 0 bridgehead atoms. The van der Waals surface area contributed by atoms with Crippen LogP contribution in [0.1, 0.15) is 28.8 Å². The van der Waals surface area contributed by atoms with Crippen LogP contribution < -0.4 is 0 Å². The van der Waals surface area contributed by atoms with E-state index in [2.05, 4.69) is 4.98 Å². The molecule has 0 aliphatic rings. The van der Waals surface area contributed by atoms with Crippen LogP contribution in [0.2, 0.25) is 5.15 Å². The van der Waals surface area contributed by atoms with E-state index in [1.807, 2.05) is 25.1 Å². The van der Waals surface area contributed by atoms with Gasteiger partial charge in [0.15, 0.2) is 0 Å². The molecule has 4 nitrogen and oxygen atoms in total. The van der Waals surface area contributed by atoms with Gasteiger partial charge in [-0.2, -0.15) is 0 Å². The number of aliphatic hydroxyl groups excluding tert-OH is 1. The smallest absolute Gasteiger partial charge is 0.256 e. The Labute approximate surface area is 129 Å². The van der Waals surface area contributed by atoms with Crippen molar-refractivity contribution in [2.45, 2.75) is 19.8 Å². The zero-order valence-corrected chi connectivity index (χ0v) is 13.0. The molecule has 21 heavy (non-hydrogen) atoms. The molecule has 1 heterocycles. The highest BCUT2D eigenvalue weighted by molar-refractivity contribution is 6.33. The molecule has 0 fully saturated rings. The first-order chi connectivity index (χ1) is 10.0. The van der Waals surface area contributed by atoms with Gasteiger partial charge in [-0.25, -0.2) is 4.98 Å². The number of amides is 1. The van der Waals surface area contributed by atoms with E-state index in [0.717, 1.165) is 22.9 Å². The van der Waals surface area contributed by atoms with Crippen molar-refractivity contribution in [1.82, 2.24) is 9.88 Å². The zero-order chi connectivity index (χ0) is 15.4. The first kappa shape index (κ1) is 15.7. The van der Waals surface area contributed by atoms with Crippen LogP contribution in [0.15, 0.2) is 24.3 Å². The average Bonchev–Trinajstić information content (AvgIpc) is 2.47. The molecule has 0 aliphatic heterocycles. The van der Waals surface area contributed by atoms with Gasteiger partial charge in [0, 0.05) is 25.6 Å². The highest BCUT2D eigenvalue weighted by Gasteiger charge is 2.17. The molecular formula is C16H19ClN2O2. The first-order valence-electron chi connectivity index (χ1n) is 6.96. The van der Waals surface area contributed by atoms with E-state index in [1.54, 1.807) is 18.0 Å². The fraction of sp³-hybridized carbons (Fsp3) is 0.375. The van der Waals surface area contributed by atoms with E-state index in [4.69, 9.17) is 16.7 Å². The van der Waals surface area contributed by atoms with Gasteiger partial charge in [-0.3, -0.25) is 4.79 Å². The lowest BCUT2D eigenvalue weighted by molar-refractivity contribution is 0.0790. The third kappa shape index (κ3) is 3.52. The molecule has 112 valence electrons. The Morgan fingerprint density at radius 1 is 1.38 bits per heavy atom. The second kappa shape index (κ2) is 6.87. The minimum atomic E-state index is -0.145. The standard InChI is InChI=1S/C16H19ClN2O2/c1-11-6-5-7-12-10-13(15(17)18-14(11)12)16(21)19(2)8-3-4-9-20/h5-7,10,20H,3-4,8-9H2,1-2H3. The van der Waals surface area contributed by atoms with Gasteiger partial charge in [0.25, 0.3) is 5.91 Å². The number of carbonyl (C=O) groups is 1. The molecule has 1 amide bonds. The molecule has 0 atom stereocenters. The Kier molecular flexibility index (Phi) is 5.15. The predicted molar refractivity (Wildman–Crippen MR) is 84.8 cm³/mol. The summed E-state index contributed by atoms with van der Waals surface area (Å²) in [6.45, 7) is 2.69. The number of aliphatic hydroxyl groups is 1. The summed E-state index contributed by atoms with van der Waals surface area (Å²) in [5.74, 6) is -0.145. The number of rotatable bonds is 5. The van der Waals surface area contributed by atoms with Crippen LogP contribution in [-0.4, -0.2) is 41.1 Å². The molecule has 0 spiro atoms. The van der Waals surface area contributed by atoms with Gasteiger partial charge >= 0.3 is 0 Å². The molecule has 1 N–H and O–H groups in total. The number of hydrogen-bond donors (Lipinski definition) is 1. The van der Waals surface area contributed by atoms with Crippen LogP contribution in [-0.2, 0) is 0 Å². The third-order valence-electron chi connectivity index (χ3n) is 3.48. The lowest BCUT2D eigenvalue weighted by Crippen LogP contribution is -2.28. The number of aryl methyl sites for hydroxylation is 1. The van der Waals surface area contributed by atoms with Crippen molar-refractivity contribution in [3.8, 4) is 0 Å². The maximum absolute atomic E-state index is 12.4. The highest BCUT2D eigenvalue weighted by atomic mass is 35.5. The van der Waals surface area contributed by atoms with E-state index in [9.17, 15) is 4.79 Å². The molecule has 0 unspecified atom stereocenters. The third-order valence-corrected chi connectivity index (χ3v) is 3.77. The van der Waals surface area contributed by atoms with Gasteiger partial charge in [-0.1, -0.05) is 29.8 Å². The lowest BCUT2D eigenvalue weighted by Gasteiger charge is -2.18. The minimum absolute atomic E-state index is 0.138. The number of benzene rings is 1. The summed E-state index contributed by atoms with van der Waals surface area (Å²) in [5, 5.41) is 9.93. The Hall–Kier alpha value is -1.65. The lowest BCUT2D eigenvalue weighted by atomic mass is 10.1. The van der Waals surface area contributed by atoms with Crippen LogP contribution in [0.5, 0.6) is 0 Å². The van der Waals surface area contributed by atoms with Crippen LogP contribution in [0.25, 0.3) is 10.9 Å². The number of hydrogen-bond acceptors (Lipinski definition) is 3. The van der Waals surface area contributed by atoms with Crippen LogP contribution >= 0.6 is 11.6 Å². The quantitative estimate of drug-likeness (QED) is 0.682. The number of nitrogens with zero attached hydrogens (tertiary/aromatic N) is 2. The first-order valence-corrected chi connectivity index (χ1v) is 7.34. The summed E-state index contributed by atoms with van der Waals surface area (Å²) >= 11 is 6.18. The largest absolute Gasteiger partial charge is 0.396 e. The van der Waals surface area contributed by atoms with Crippen molar-refractivity contribution >= 4 is 28.4 Å². The van der Waals surface area contributed by atoms with Crippen molar-refractivity contribution in [1.29, 1.82) is 0 Å². The van der Waals surface area contributed by atoms with Crippen molar-refractivity contribution < 1.29 is 9.90 Å². The molecule has 2 aromatic rings. The Morgan fingerprint density at radius 3 is 2.86 bits per heavy atom. The summed E-state index contributed by atoms with van der Waals surface area (Å²) in [5.41, 5.74) is 2.27. The van der Waals surface area contributed by atoms with Gasteiger partial charge in [-0.05, 0) is 31.4 Å². The monoisotopic (exact) mass is 306 g/mol. The van der Waals surface area contributed by atoms with E-state index < -0.39 is 0 Å². The van der Waals surface area contributed by atoms with Crippen LogP contribution in [0.3, 0.4) is 0 Å². The molecule has 2 rings (SSSR count). The van der Waals surface area contributed by atoms with E-state index in [-0.39, 0.29) is 17.7 Å². The van der Waals surface area contributed by atoms with Crippen LogP contribution in [0, 0.1) is 6.92 Å². The Bertz CT molecular complexity index is 658. The van der Waals surface area contributed by atoms with Crippen molar-refractivity contribution in [2.24, 2.45) is 0 Å². The van der Waals surface area contributed by atoms with Crippen molar-refractivity contribution in [3.05, 3.63) is 40.5 Å². The minimum Gasteiger partial charge on any atom is -0.396 e. The second-order valence-corrected chi connectivity index (χ2v) is 5.49. The Morgan fingerprint density at radius 2 is 2.14 bits per heavy atom. The molecule has 0 aliphatic carbocycles. The Balaban J connectivity index is 2.29. The summed E-state index contributed by atoms with van der Waals surface area (Å²) in [4.78, 5) is 18.4.